The molecule has 6 nitrogen and oxygen atoms in total. The van der Waals surface area contributed by atoms with Gasteiger partial charge in [0.15, 0.2) is 0 Å². The van der Waals surface area contributed by atoms with Crippen LogP contribution in [0, 0.1) is 11.3 Å². The van der Waals surface area contributed by atoms with Crippen LogP contribution in [0.4, 0.5) is 5.82 Å². The third-order valence-electron chi connectivity index (χ3n) is 3.04. The first kappa shape index (κ1) is 12.8. The van der Waals surface area contributed by atoms with E-state index in [0.29, 0.717) is 23.6 Å². The van der Waals surface area contributed by atoms with Gasteiger partial charge in [0.05, 0.1) is 17.0 Å². The van der Waals surface area contributed by atoms with E-state index in [4.69, 9.17) is 5.26 Å². The van der Waals surface area contributed by atoms with Crippen LogP contribution < -0.4 is 11.0 Å². The van der Waals surface area contributed by atoms with Crippen LogP contribution >= 0.6 is 0 Å². The molecule has 21 heavy (non-hydrogen) atoms. The van der Waals surface area contributed by atoms with Crippen molar-refractivity contribution in [2.45, 2.75) is 6.54 Å². The number of nitrogens with zero attached hydrogens (tertiary/aromatic N) is 3. The number of anilines is 1. The monoisotopic (exact) mass is 277 g/mol. The number of benzene rings is 1. The maximum absolute atomic E-state index is 11.5. The molecular formula is C15H11N5O. The van der Waals surface area contributed by atoms with Crippen molar-refractivity contribution in [2.24, 2.45) is 0 Å². The van der Waals surface area contributed by atoms with E-state index < -0.39 is 5.69 Å². The lowest BCUT2D eigenvalue weighted by molar-refractivity contribution is 1.05. The Kier molecular flexibility index (Phi) is 3.31. The third kappa shape index (κ3) is 2.72. The Morgan fingerprint density at radius 1 is 1.24 bits per heavy atom. The third-order valence-corrected chi connectivity index (χ3v) is 3.04. The summed E-state index contributed by atoms with van der Waals surface area (Å²) < 4.78 is 0. The average Bonchev–Trinajstić information content (AvgIpc) is 2.53. The Hall–Kier alpha value is -3.20. The number of aromatic nitrogens is 3. The molecule has 0 unspecified atom stereocenters. The average molecular weight is 277 g/mol. The fourth-order valence-electron chi connectivity index (χ4n) is 2.00. The summed E-state index contributed by atoms with van der Waals surface area (Å²) in [5, 5.41) is 12.6. The van der Waals surface area contributed by atoms with E-state index in [9.17, 15) is 4.79 Å². The minimum Gasteiger partial charge on any atom is -0.365 e. The molecule has 0 amide bonds. The number of pyridine rings is 1. The topological polar surface area (TPSA) is 94.5 Å². The van der Waals surface area contributed by atoms with E-state index in [1.807, 2.05) is 18.2 Å². The van der Waals surface area contributed by atoms with E-state index >= 15 is 0 Å². The van der Waals surface area contributed by atoms with Gasteiger partial charge in [-0.3, -0.25) is 4.98 Å². The molecule has 0 saturated heterocycles. The normalized spacial score (nSPS) is 10.2. The largest absolute Gasteiger partial charge is 0.365 e. The lowest BCUT2D eigenvalue weighted by atomic mass is 10.1. The number of aromatic amines is 1. The van der Waals surface area contributed by atoms with Crippen molar-refractivity contribution in [3.8, 4) is 6.07 Å². The van der Waals surface area contributed by atoms with Crippen LogP contribution in [0.2, 0.25) is 0 Å². The Morgan fingerprint density at radius 2 is 2.05 bits per heavy atom. The van der Waals surface area contributed by atoms with Crippen LogP contribution in [0.25, 0.3) is 11.0 Å². The van der Waals surface area contributed by atoms with Crippen LogP contribution in [0.15, 0.2) is 47.4 Å². The summed E-state index contributed by atoms with van der Waals surface area (Å²) in [5.74, 6) is 0.492. The first-order valence-electron chi connectivity index (χ1n) is 6.34. The van der Waals surface area contributed by atoms with Gasteiger partial charge in [0, 0.05) is 12.7 Å². The van der Waals surface area contributed by atoms with Crippen molar-refractivity contribution in [2.75, 3.05) is 5.32 Å². The number of hydrogen-bond acceptors (Lipinski definition) is 5. The number of fused-ring (bicyclic) bond motifs is 1. The molecule has 102 valence electrons. The van der Waals surface area contributed by atoms with Gasteiger partial charge in [-0.15, -0.1) is 0 Å². The summed E-state index contributed by atoms with van der Waals surface area (Å²) in [4.78, 5) is 22.2. The lowest BCUT2D eigenvalue weighted by Crippen LogP contribution is -2.14. The molecular weight excluding hydrogens is 266 g/mol. The highest BCUT2D eigenvalue weighted by molar-refractivity contribution is 5.85. The van der Waals surface area contributed by atoms with Crippen molar-refractivity contribution in [1.82, 2.24) is 15.0 Å². The minimum atomic E-state index is -0.441. The summed E-state index contributed by atoms with van der Waals surface area (Å²) in [6.45, 7) is 0.506. The minimum absolute atomic E-state index is 0.441. The molecule has 6 heteroatoms. The maximum Gasteiger partial charge on any atom is 0.348 e. The van der Waals surface area contributed by atoms with Crippen LogP contribution in [0.3, 0.4) is 0 Å². The number of nitrogens with one attached hydrogen (secondary N) is 2. The molecule has 0 saturated carbocycles. The van der Waals surface area contributed by atoms with Crippen molar-refractivity contribution >= 4 is 16.9 Å². The van der Waals surface area contributed by atoms with Crippen LogP contribution in [0.1, 0.15) is 11.1 Å². The molecule has 2 heterocycles. The number of rotatable bonds is 3. The summed E-state index contributed by atoms with van der Waals surface area (Å²) >= 11 is 0. The van der Waals surface area contributed by atoms with E-state index in [1.54, 1.807) is 24.4 Å². The molecule has 0 bridgehead atoms. The van der Waals surface area contributed by atoms with Gasteiger partial charge >= 0.3 is 5.69 Å². The van der Waals surface area contributed by atoms with Gasteiger partial charge in [-0.2, -0.15) is 10.2 Å². The predicted molar refractivity (Wildman–Crippen MR) is 78.6 cm³/mol. The second kappa shape index (κ2) is 5.43. The highest BCUT2D eigenvalue weighted by atomic mass is 16.1. The highest BCUT2D eigenvalue weighted by Gasteiger charge is 2.05. The van der Waals surface area contributed by atoms with Crippen molar-refractivity contribution in [1.29, 1.82) is 5.26 Å². The molecule has 2 N–H and O–H groups in total. The van der Waals surface area contributed by atoms with Gasteiger partial charge in [0.1, 0.15) is 11.5 Å². The number of hydrogen-bond donors (Lipinski definition) is 2. The molecule has 2 aromatic heterocycles. The van der Waals surface area contributed by atoms with Gasteiger partial charge in [0.2, 0.25) is 0 Å². The van der Waals surface area contributed by atoms with Gasteiger partial charge in [-0.25, -0.2) is 9.78 Å². The van der Waals surface area contributed by atoms with Crippen LogP contribution in [-0.4, -0.2) is 15.0 Å². The Morgan fingerprint density at radius 3 is 2.81 bits per heavy atom. The Labute approximate surface area is 120 Å². The molecule has 3 aromatic rings. The summed E-state index contributed by atoms with van der Waals surface area (Å²) in [7, 11) is 0. The second-order valence-electron chi connectivity index (χ2n) is 4.45. The second-order valence-corrected chi connectivity index (χ2v) is 4.45. The molecule has 3 rings (SSSR count). The Balaban J connectivity index is 1.88. The maximum atomic E-state index is 11.5. The standard InChI is InChI=1S/C15H11N5O/c16-8-10-3-5-11(6-4-10)9-18-14-12-2-1-7-17-13(12)19-15(21)20-14/h1-7H,9H2,(H2,17,18,19,20,21). The highest BCUT2D eigenvalue weighted by Crippen LogP contribution is 2.16. The molecule has 1 aromatic carbocycles. The SMILES string of the molecule is N#Cc1ccc(CNc2nc(=O)[nH]c3ncccc23)cc1. The molecule has 0 radical (unpaired) electrons. The van der Waals surface area contributed by atoms with Gasteiger partial charge in [-0.1, -0.05) is 12.1 Å². The molecule has 0 spiro atoms. The zero-order valence-electron chi connectivity index (χ0n) is 11.0. The van der Waals surface area contributed by atoms with Gasteiger partial charge in [-0.05, 0) is 29.8 Å². The fraction of sp³-hybridized carbons (Fsp3) is 0.0667. The zero-order chi connectivity index (χ0) is 14.7. The van der Waals surface area contributed by atoms with Crippen molar-refractivity contribution in [3.05, 3.63) is 64.2 Å². The van der Waals surface area contributed by atoms with E-state index in [2.05, 4.69) is 26.3 Å². The lowest BCUT2D eigenvalue weighted by Gasteiger charge is -2.07. The molecule has 0 aliphatic rings. The van der Waals surface area contributed by atoms with Crippen molar-refractivity contribution in [3.63, 3.8) is 0 Å². The fourth-order valence-corrected chi connectivity index (χ4v) is 2.00. The van der Waals surface area contributed by atoms with Crippen LogP contribution in [0.5, 0.6) is 0 Å². The smallest absolute Gasteiger partial charge is 0.348 e. The van der Waals surface area contributed by atoms with Crippen molar-refractivity contribution < 1.29 is 0 Å². The summed E-state index contributed by atoms with van der Waals surface area (Å²) in [5.41, 5.74) is 1.67. The van der Waals surface area contributed by atoms with E-state index in [0.717, 1.165) is 10.9 Å². The van der Waals surface area contributed by atoms with Gasteiger partial charge in [0.25, 0.3) is 0 Å². The van der Waals surface area contributed by atoms with E-state index in [1.165, 1.54) is 0 Å². The van der Waals surface area contributed by atoms with E-state index in [-0.39, 0.29) is 0 Å². The first-order valence-corrected chi connectivity index (χ1v) is 6.34. The zero-order valence-corrected chi connectivity index (χ0v) is 11.0. The quantitative estimate of drug-likeness (QED) is 0.761. The molecule has 0 aliphatic heterocycles. The Bertz CT molecular complexity index is 877. The number of H-pyrrole nitrogens is 1. The molecule has 0 atom stereocenters. The first-order chi connectivity index (χ1) is 10.3. The summed E-state index contributed by atoms with van der Waals surface area (Å²) in [6, 6.07) is 12.9. The predicted octanol–water partition coefficient (Wildman–Crippen LogP) is 1.80. The van der Waals surface area contributed by atoms with Gasteiger partial charge < -0.3 is 5.32 Å². The van der Waals surface area contributed by atoms with Crippen LogP contribution in [-0.2, 0) is 6.54 Å². The molecule has 0 fully saturated rings. The number of nitriles is 1. The summed E-state index contributed by atoms with van der Waals surface area (Å²) in [6.07, 6.45) is 1.61. The molecule has 0 aliphatic carbocycles.